The highest BCUT2D eigenvalue weighted by Crippen LogP contribution is 2.48. The van der Waals surface area contributed by atoms with Gasteiger partial charge in [-0.15, -0.1) is 0 Å². The molecule has 0 saturated heterocycles. The standard InChI is InChI=1S/C20H23F2N5O2/c1-10-11(2)29-19(24-10)14-4-3-13(14)16-25-17-15(18(28)26-16)9-23-27(17)12-5-7-20(21,22)8-6-12/h9,12-14H,3-8H2,1-2H3,(H,25,26,28)/t13-,14?/m0/s1. The van der Waals surface area contributed by atoms with Crippen molar-refractivity contribution in [2.75, 3.05) is 0 Å². The maximum Gasteiger partial charge on any atom is 0.262 e. The zero-order valence-electron chi connectivity index (χ0n) is 16.4. The summed E-state index contributed by atoms with van der Waals surface area (Å²) in [5, 5.41) is 4.72. The lowest BCUT2D eigenvalue weighted by Crippen LogP contribution is -2.28. The topological polar surface area (TPSA) is 89.6 Å². The maximum absolute atomic E-state index is 13.5. The van der Waals surface area contributed by atoms with Gasteiger partial charge in [0, 0.05) is 24.7 Å². The predicted octanol–water partition coefficient (Wildman–Crippen LogP) is 4.14. The molecule has 2 fully saturated rings. The lowest BCUT2D eigenvalue weighted by Gasteiger charge is -2.33. The van der Waals surface area contributed by atoms with Gasteiger partial charge in [-0.05, 0) is 39.5 Å². The Morgan fingerprint density at radius 2 is 1.86 bits per heavy atom. The van der Waals surface area contributed by atoms with Crippen LogP contribution in [0.3, 0.4) is 0 Å². The molecule has 3 aromatic rings. The first-order chi connectivity index (χ1) is 13.8. The first kappa shape index (κ1) is 18.4. The molecule has 2 saturated carbocycles. The molecule has 0 bridgehead atoms. The van der Waals surface area contributed by atoms with E-state index < -0.39 is 5.92 Å². The van der Waals surface area contributed by atoms with E-state index in [-0.39, 0.29) is 36.3 Å². The van der Waals surface area contributed by atoms with Crippen molar-refractivity contribution in [2.24, 2.45) is 0 Å². The predicted molar refractivity (Wildman–Crippen MR) is 101 cm³/mol. The summed E-state index contributed by atoms with van der Waals surface area (Å²) < 4.78 is 34.5. The van der Waals surface area contributed by atoms with Crippen LogP contribution in [0.4, 0.5) is 8.78 Å². The minimum atomic E-state index is -2.61. The van der Waals surface area contributed by atoms with E-state index in [4.69, 9.17) is 9.40 Å². The molecule has 3 heterocycles. The average Bonchev–Trinajstić information content (AvgIpc) is 3.18. The summed E-state index contributed by atoms with van der Waals surface area (Å²) in [7, 11) is 0. The number of H-pyrrole nitrogens is 1. The van der Waals surface area contributed by atoms with Gasteiger partial charge < -0.3 is 9.40 Å². The Bertz CT molecular complexity index is 1100. The van der Waals surface area contributed by atoms with Crippen LogP contribution in [0.15, 0.2) is 15.4 Å². The van der Waals surface area contributed by atoms with Crippen molar-refractivity contribution in [1.82, 2.24) is 24.7 Å². The van der Waals surface area contributed by atoms with Gasteiger partial charge in [-0.2, -0.15) is 5.10 Å². The molecule has 0 amide bonds. The molecule has 7 nitrogen and oxygen atoms in total. The Kier molecular flexibility index (Phi) is 4.11. The molecular formula is C20H23F2N5O2. The zero-order chi connectivity index (χ0) is 20.3. The second-order valence-corrected chi connectivity index (χ2v) is 8.35. The number of nitrogens with zero attached hydrogens (tertiary/aromatic N) is 4. The highest BCUT2D eigenvalue weighted by molar-refractivity contribution is 5.73. The Balaban J connectivity index is 1.49. The lowest BCUT2D eigenvalue weighted by molar-refractivity contribution is -0.0446. The van der Waals surface area contributed by atoms with E-state index in [1.54, 1.807) is 4.68 Å². The zero-order valence-corrected chi connectivity index (χ0v) is 16.4. The number of aromatic amines is 1. The van der Waals surface area contributed by atoms with Crippen LogP contribution in [0.25, 0.3) is 11.0 Å². The van der Waals surface area contributed by atoms with E-state index in [1.807, 2.05) is 13.8 Å². The maximum atomic E-state index is 13.5. The van der Waals surface area contributed by atoms with E-state index in [9.17, 15) is 13.6 Å². The molecule has 29 heavy (non-hydrogen) atoms. The summed E-state index contributed by atoms with van der Waals surface area (Å²) in [5.41, 5.74) is 1.10. The van der Waals surface area contributed by atoms with Gasteiger partial charge in [-0.3, -0.25) is 4.79 Å². The van der Waals surface area contributed by atoms with Crippen LogP contribution in [0, 0.1) is 13.8 Å². The molecule has 1 unspecified atom stereocenters. The van der Waals surface area contributed by atoms with Crippen molar-refractivity contribution in [1.29, 1.82) is 0 Å². The van der Waals surface area contributed by atoms with Crippen molar-refractivity contribution in [3.8, 4) is 0 Å². The van der Waals surface area contributed by atoms with Gasteiger partial charge in [0.05, 0.1) is 17.9 Å². The number of rotatable bonds is 3. The molecule has 154 valence electrons. The molecule has 0 aliphatic heterocycles. The van der Waals surface area contributed by atoms with Gasteiger partial charge in [-0.25, -0.2) is 23.4 Å². The smallest absolute Gasteiger partial charge is 0.262 e. The summed E-state index contributed by atoms with van der Waals surface area (Å²) in [5.74, 6) is -0.440. The lowest BCUT2D eigenvalue weighted by atomic mass is 9.73. The molecule has 2 aliphatic carbocycles. The molecule has 2 aliphatic rings. The third-order valence-electron chi connectivity index (χ3n) is 6.50. The number of fused-ring (bicyclic) bond motifs is 1. The van der Waals surface area contributed by atoms with E-state index in [0.717, 1.165) is 24.3 Å². The average molecular weight is 403 g/mol. The third-order valence-corrected chi connectivity index (χ3v) is 6.50. The molecule has 0 spiro atoms. The summed E-state index contributed by atoms with van der Waals surface area (Å²) in [6.45, 7) is 3.80. The first-order valence-electron chi connectivity index (χ1n) is 10.1. The second-order valence-electron chi connectivity index (χ2n) is 8.35. The van der Waals surface area contributed by atoms with Crippen molar-refractivity contribution < 1.29 is 13.2 Å². The quantitative estimate of drug-likeness (QED) is 0.710. The van der Waals surface area contributed by atoms with Crippen LogP contribution in [-0.2, 0) is 0 Å². The van der Waals surface area contributed by atoms with E-state index in [1.165, 1.54) is 6.20 Å². The minimum absolute atomic E-state index is 0.0172. The SMILES string of the molecule is Cc1nc(C2CC[C@@H]2c2nc3c(cnn3C3CCC(F)(F)CC3)c(=O)[nH]2)oc1C. The number of oxazole rings is 1. The van der Waals surface area contributed by atoms with Gasteiger partial charge >= 0.3 is 0 Å². The normalized spacial score (nSPS) is 24.7. The second kappa shape index (κ2) is 6.47. The molecule has 3 aromatic heterocycles. The number of hydrogen-bond acceptors (Lipinski definition) is 5. The molecule has 0 radical (unpaired) electrons. The van der Waals surface area contributed by atoms with Crippen LogP contribution < -0.4 is 5.56 Å². The summed E-state index contributed by atoms with van der Waals surface area (Å²) in [6.07, 6.45) is 3.61. The van der Waals surface area contributed by atoms with Gasteiger partial charge in [0.15, 0.2) is 11.5 Å². The van der Waals surface area contributed by atoms with Gasteiger partial charge in [0.25, 0.3) is 5.56 Å². The van der Waals surface area contributed by atoms with Crippen LogP contribution in [0.5, 0.6) is 0 Å². The van der Waals surface area contributed by atoms with E-state index in [2.05, 4.69) is 15.1 Å². The summed E-state index contributed by atoms with van der Waals surface area (Å²) in [4.78, 5) is 24.8. The van der Waals surface area contributed by atoms with E-state index in [0.29, 0.717) is 35.6 Å². The fourth-order valence-corrected chi connectivity index (χ4v) is 4.44. The minimum Gasteiger partial charge on any atom is -0.445 e. The summed E-state index contributed by atoms with van der Waals surface area (Å²) in [6, 6.07) is -0.163. The molecule has 1 N–H and O–H groups in total. The van der Waals surface area contributed by atoms with Crippen molar-refractivity contribution in [2.45, 2.75) is 76.2 Å². The van der Waals surface area contributed by atoms with Crippen LogP contribution in [-0.4, -0.2) is 30.7 Å². The van der Waals surface area contributed by atoms with Crippen molar-refractivity contribution in [3.05, 3.63) is 39.7 Å². The van der Waals surface area contributed by atoms with Crippen LogP contribution >= 0.6 is 0 Å². The number of aryl methyl sites for hydroxylation is 2. The van der Waals surface area contributed by atoms with Crippen molar-refractivity contribution >= 4 is 11.0 Å². The number of nitrogens with one attached hydrogen (secondary N) is 1. The number of halogens is 2. The van der Waals surface area contributed by atoms with Gasteiger partial charge in [0.2, 0.25) is 5.92 Å². The number of alkyl halides is 2. The first-order valence-corrected chi connectivity index (χ1v) is 10.1. The molecule has 2 atom stereocenters. The Labute approximate surface area is 165 Å². The van der Waals surface area contributed by atoms with Gasteiger partial charge in [0.1, 0.15) is 17.0 Å². The highest BCUT2D eigenvalue weighted by atomic mass is 19.3. The number of hydrogen-bond donors (Lipinski definition) is 1. The van der Waals surface area contributed by atoms with Crippen molar-refractivity contribution in [3.63, 3.8) is 0 Å². The molecular weight excluding hydrogens is 380 g/mol. The Morgan fingerprint density at radius 3 is 2.48 bits per heavy atom. The molecule has 9 heteroatoms. The molecule has 5 rings (SSSR count). The highest BCUT2D eigenvalue weighted by Gasteiger charge is 2.40. The monoisotopic (exact) mass is 403 g/mol. The van der Waals surface area contributed by atoms with E-state index >= 15 is 0 Å². The van der Waals surface area contributed by atoms with Crippen LogP contribution in [0.1, 0.15) is 79.6 Å². The largest absolute Gasteiger partial charge is 0.445 e. The van der Waals surface area contributed by atoms with Crippen LogP contribution in [0.2, 0.25) is 0 Å². The fraction of sp³-hybridized carbons (Fsp3) is 0.600. The fourth-order valence-electron chi connectivity index (χ4n) is 4.44. The number of aromatic nitrogens is 5. The Morgan fingerprint density at radius 1 is 1.14 bits per heavy atom. The molecule has 0 aromatic carbocycles. The summed E-state index contributed by atoms with van der Waals surface area (Å²) >= 11 is 0. The third kappa shape index (κ3) is 3.07. The van der Waals surface area contributed by atoms with Gasteiger partial charge in [-0.1, -0.05) is 0 Å². The Hall–Kier alpha value is -2.58.